The van der Waals surface area contributed by atoms with Gasteiger partial charge in [-0.05, 0) is 57.9 Å². The molecule has 2 aromatic heterocycles. The zero-order valence-corrected chi connectivity index (χ0v) is 22.8. The van der Waals surface area contributed by atoms with Crippen LogP contribution in [-0.2, 0) is 26.4 Å². The number of sulfone groups is 1. The Labute approximate surface area is 222 Å². The van der Waals surface area contributed by atoms with Gasteiger partial charge in [0.15, 0.2) is 15.7 Å². The summed E-state index contributed by atoms with van der Waals surface area (Å²) in [6.45, 7) is 7.32. The summed E-state index contributed by atoms with van der Waals surface area (Å²) in [5.74, 6) is 1.11. The molecule has 12 heteroatoms. The van der Waals surface area contributed by atoms with E-state index in [9.17, 15) is 13.2 Å². The first-order valence-corrected chi connectivity index (χ1v) is 14.2. The lowest BCUT2D eigenvalue weighted by Crippen LogP contribution is -2.44. The predicted molar refractivity (Wildman–Crippen MR) is 146 cm³/mol. The molecule has 5 rings (SSSR count). The van der Waals surface area contributed by atoms with E-state index in [1.807, 2.05) is 18.2 Å². The van der Waals surface area contributed by atoms with Gasteiger partial charge >= 0.3 is 6.03 Å². The maximum Gasteiger partial charge on any atom is 0.323 e. The van der Waals surface area contributed by atoms with Gasteiger partial charge in [0.1, 0.15) is 10.6 Å². The number of nitrogens with zero attached hydrogens (tertiary/aromatic N) is 5. The number of urea groups is 1. The summed E-state index contributed by atoms with van der Waals surface area (Å²) in [5, 5.41) is 9.24. The molecule has 11 nitrogen and oxygen atoms in total. The molecule has 1 aliphatic carbocycles. The maximum atomic E-state index is 13.3. The van der Waals surface area contributed by atoms with E-state index >= 15 is 0 Å². The number of aryl methyl sites for hydroxylation is 1. The SMILES string of the molecule is C[C@H]1COCCN1c1cc(C(C)(C)S(=O)(=O)C2CC2)nc(-c2ccc(NC(=O)Nc3cnn(C)c3)cc2)n1. The molecule has 0 bridgehead atoms. The third-order valence-electron chi connectivity index (χ3n) is 7.03. The quantitative estimate of drug-likeness (QED) is 0.466. The Morgan fingerprint density at radius 2 is 1.82 bits per heavy atom. The van der Waals surface area contributed by atoms with Crippen molar-refractivity contribution in [1.29, 1.82) is 0 Å². The van der Waals surface area contributed by atoms with E-state index in [1.165, 1.54) is 0 Å². The summed E-state index contributed by atoms with van der Waals surface area (Å²) in [6.07, 6.45) is 4.65. The lowest BCUT2D eigenvalue weighted by Gasteiger charge is -2.35. The highest BCUT2D eigenvalue weighted by Gasteiger charge is 2.48. The number of ether oxygens (including phenoxy) is 1. The van der Waals surface area contributed by atoms with Crippen molar-refractivity contribution in [2.24, 2.45) is 7.05 Å². The fraction of sp³-hybridized carbons (Fsp3) is 0.462. The van der Waals surface area contributed by atoms with Gasteiger partial charge < -0.3 is 20.3 Å². The molecule has 38 heavy (non-hydrogen) atoms. The van der Waals surface area contributed by atoms with Crippen LogP contribution in [0.1, 0.15) is 39.3 Å². The maximum absolute atomic E-state index is 13.3. The smallest absolute Gasteiger partial charge is 0.323 e. The number of carbonyl (C=O) groups is 1. The molecule has 1 saturated carbocycles. The lowest BCUT2D eigenvalue weighted by molar-refractivity contribution is 0.0985. The standard InChI is InChI=1S/C26H33N7O4S/c1-17-16-37-12-11-33(17)23-13-22(26(2,3)38(35,36)21-9-10-21)30-24(31-23)18-5-7-19(8-6-18)28-25(34)29-20-14-27-32(4)15-20/h5-8,13-15,17,21H,9-12,16H2,1-4H3,(H2,28,29,34)/t17-/m0/s1. The molecule has 2 fully saturated rings. The number of benzene rings is 1. The van der Waals surface area contributed by atoms with Crippen molar-refractivity contribution in [3.05, 3.63) is 48.4 Å². The summed E-state index contributed by atoms with van der Waals surface area (Å²) in [7, 11) is -1.65. The minimum absolute atomic E-state index is 0.0902. The van der Waals surface area contributed by atoms with Crippen LogP contribution in [-0.4, -0.2) is 65.2 Å². The first kappa shape index (κ1) is 26.1. The summed E-state index contributed by atoms with van der Waals surface area (Å²) in [6, 6.07) is 8.66. The van der Waals surface area contributed by atoms with Crippen molar-refractivity contribution in [3.8, 4) is 11.4 Å². The second kappa shape index (κ2) is 9.99. The molecule has 2 N–H and O–H groups in total. The Hall–Kier alpha value is -3.51. The minimum atomic E-state index is -3.42. The number of morpholine rings is 1. The zero-order valence-electron chi connectivity index (χ0n) is 22.0. The molecule has 1 saturated heterocycles. The van der Waals surface area contributed by atoms with Crippen LogP contribution < -0.4 is 15.5 Å². The number of rotatable bonds is 7. The molecular weight excluding hydrogens is 506 g/mol. The van der Waals surface area contributed by atoms with Crippen LogP contribution in [0, 0.1) is 0 Å². The molecule has 1 aliphatic heterocycles. The van der Waals surface area contributed by atoms with E-state index < -0.39 is 14.6 Å². The van der Waals surface area contributed by atoms with Crippen molar-refractivity contribution >= 4 is 33.1 Å². The Kier molecular flexibility index (Phi) is 6.86. The molecular formula is C26H33N7O4S. The van der Waals surface area contributed by atoms with E-state index in [0.29, 0.717) is 66.9 Å². The van der Waals surface area contributed by atoms with Crippen molar-refractivity contribution in [2.75, 3.05) is 35.3 Å². The van der Waals surface area contributed by atoms with Gasteiger partial charge in [0.2, 0.25) is 0 Å². The van der Waals surface area contributed by atoms with E-state index in [0.717, 1.165) is 0 Å². The molecule has 3 heterocycles. The first-order valence-electron chi connectivity index (χ1n) is 12.7. The van der Waals surface area contributed by atoms with Gasteiger partial charge in [-0.1, -0.05) is 0 Å². The highest BCUT2D eigenvalue weighted by atomic mass is 32.2. The van der Waals surface area contributed by atoms with Crippen LogP contribution in [0.5, 0.6) is 0 Å². The van der Waals surface area contributed by atoms with Gasteiger partial charge in [0, 0.05) is 37.1 Å². The number of carbonyl (C=O) groups excluding carboxylic acids is 1. The van der Waals surface area contributed by atoms with Gasteiger partial charge in [-0.25, -0.2) is 23.2 Å². The largest absolute Gasteiger partial charge is 0.377 e. The molecule has 2 aliphatic rings. The summed E-state index contributed by atoms with van der Waals surface area (Å²) < 4.78 is 32.7. The van der Waals surface area contributed by atoms with E-state index in [4.69, 9.17) is 14.7 Å². The Bertz CT molecular complexity index is 1430. The highest BCUT2D eigenvalue weighted by Crippen LogP contribution is 2.42. The van der Waals surface area contributed by atoms with Crippen LogP contribution in [0.15, 0.2) is 42.7 Å². The zero-order chi connectivity index (χ0) is 27.1. The molecule has 3 aromatic rings. The molecule has 2 amide bonds. The Morgan fingerprint density at radius 3 is 2.45 bits per heavy atom. The van der Waals surface area contributed by atoms with E-state index in [2.05, 4.69) is 27.6 Å². The number of hydrogen-bond donors (Lipinski definition) is 2. The van der Waals surface area contributed by atoms with Crippen molar-refractivity contribution in [2.45, 2.75) is 49.7 Å². The second-order valence-electron chi connectivity index (χ2n) is 10.4. The van der Waals surface area contributed by atoms with Gasteiger partial charge in [-0.2, -0.15) is 5.10 Å². The van der Waals surface area contributed by atoms with Crippen molar-refractivity contribution in [3.63, 3.8) is 0 Å². The summed E-state index contributed by atoms with van der Waals surface area (Å²) in [5.41, 5.74) is 2.36. The second-order valence-corrected chi connectivity index (χ2v) is 13.1. The molecule has 0 unspecified atom stereocenters. The fourth-order valence-corrected chi connectivity index (χ4v) is 6.50. The molecule has 1 aromatic carbocycles. The molecule has 1 atom stereocenters. The molecule has 202 valence electrons. The normalized spacial score (nSPS) is 18.3. The molecule has 0 spiro atoms. The van der Waals surface area contributed by atoms with E-state index in [-0.39, 0.29) is 17.3 Å². The summed E-state index contributed by atoms with van der Waals surface area (Å²) >= 11 is 0. The Morgan fingerprint density at radius 1 is 1.11 bits per heavy atom. The average Bonchev–Trinajstić information content (AvgIpc) is 3.67. The number of aromatic nitrogens is 4. The summed E-state index contributed by atoms with van der Waals surface area (Å²) in [4.78, 5) is 24.1. The highest BCUT2D eigenvalue weighted by molar-refractivity contribution is 7.93. The van der Waals surface area contributed by atoms with Crippen LogP contribution in [0.3, 0.4) is 0 Å². The molecule has 0 radical (unpaired) electrons. The van der Waals surface area contributed by atoms with Crippen LogP contribution in [0.4, 0.5) is 22.0 Å². The van der Waals surface area contributed by atoms with Crippen molar-refractivity contribution in [1.82, 2.24) is 19.7 Å². The average molecular weight is 540 g/mol. The van der Waals surface area contributed by atoms with Crippen LogP contribution in [0.2, 0.25) is 0 Å². The van der Waals surface area contributed by atoms with Gasteiger partial charge in [0.05, 0.1) is 42.1 Å². The Balaban J connectivity index is 1.45. The monoisotopic (exact) mass is 539 g/mol. The van der Waals surface area contributed by atoms with Crippen LogP contribution in [0.25, 0.3) is 11.4 Å². The fourth-order valence-electron chi connectivity index (χ4n) is 4.51. The number of hydrogen-bond acceptors (Lipinski definition) is 8. The van der Waals surface area contributed by atoms with Gasteiger partial charge in [0.25, 0.3) is 0 Å². The van der Waals surface area contributed by atoms with Gasteiger partial charge in [-0.15, -0.1) is 0 Å². The predicted octanol–water partition coefficient (Wildman–Crippen LogP) is 3.56. The van der Waals surface area contributed by atoms with Crippen molar-refractivity contribution < 1.29 is 17.9 Å². The third kappa shape index (κ3) is 5.23. The lowest BCUT2D eigenvalue weighted by atomic mass is 10.1. The first-order chi connectivity index (χ1) is 18.0. The van der Waals surface area contributed by atoms with E-state index in [1.54, 1.807) is 50.1 Å². The van der Waals surface area contributed by atoms with Crippen LogP contribution >= 0.6 is 0 Å². The number of amides is 2. The minimum Gasteiger partial charge on any atom is -0.377 e. The number of nitrogens with one attached hydrogen (secondary N) is 2. The number of anilines is 3. The third-order valence-corrected chi connectivity index (χ3v) is 10.0. The van der Waals surface area contributed by atoms with Gasteiger partial charge in [-0.3, -0.25) is 4.68 Å². The topological polar surface area (TPSA) is 131 Å².